The number of nitrogens with one attached hydrogen (secondary N) is 2. The molecule has 110 valence electrons. The van der Waals surface area contributed by atoms with Gasteiger partial charge >= 0.3 is 0 Å². The summed E-state index contributed by atoms with van der Waals surface area (Å²) in [5, 5.41) is 5.54. The van der Waals surface area contributed by atoms with Crippen LogP contribution < -0.4 is 10.6 Å². The maximum absolute atomic E-state index is 11.9. The lowest BCUT2D eigenvalue weighted by Crippen LogP contribution is -2.19. The number of anilines is 2. The lowest BCUT2D eigenvalue weighted by Gasteiger charge is -2.11. The predicted octanol–water partition coefficient (Wildman–Crippen LogP) is 3.52. The zero-order valence-electron chi connectivity index (χ0n) is 12.1. The van der Waals surface area contributed by atoms with Crippen LogP contribution in [0.3, 0.4) is 0 Å². The van der Waals surface area contributed by atoms with Crippen molar-refractivity contribution in [3.05, 3.63) is 48.4 Å². The van der Waals surface area contributed by atoms with E-state index in [0.29, 0.717) is 11.4 Å². The Morgan fingerprint density at radius 1 is 1.14 bits per heavy atom. The average Bonchev–Trinajstić information content (AvgIpc) is 3.01. The van der Waals surface area contributed by atoms with Crippen molar-refractivity contribution in [2.24, 2.45) is 5.92 Å². The molecule has 0 saturated carbocycles. The molecule has 0 bridgehead atoms. The first kappa shape index (κ1) is 14.8. The maximum atomic E-state index is 11.9. The van der Waals surface area contributed by atoms with Crippen LogP contribution in [0.1, 0.15) is 30.8 Å². The van der Waals surface area contributed by atoms with E-state index in [1.54, 1.807) is 36.4 Å². The number of benzene rings is 1. The summed E-state index contributed by atoms with van der Waals surface area (Å²) in [6, 6.07) is 10.2. The molecule has 0 saturated heterocycles. The molecule has 1 heterocycles. The lowest BCUT2D eigenvalue weighted by molar-refractivity contribution is -0.119. The molecule has 21 heavy (non-hydrogen) atoms. The summed E-state index contributed by atoms with van der Waals surface area (Å²) in [6.07, 6.45) is 2.22. The Morgan fingerprint density at radius 2 is 1.86 bits per heavy atom. The van der Waals surface area contributed by atoms with Crippen LogP contribution in [0.2, 0.25) is 0 Å². The molecule has 2 amide bonds. The van der Waals surface area contributed by atoms with Gasteiger partial charge in [0.25, 0.3) is 5.91 Å². The monoisotopic (exact) mass is 286 g/mol. The number of rotatable bonds is 5. The van der Waals surface area contributed by atoms with Crippen molar-refractivity contribution in [1.82, 2.24) is 0 Å². The second-order valence-corrected chi connectivity index (χ2v) is 4.81. The zero-order valence-corrected chi connectivity index (χ0v) is 12.1. The van der Waals surface area contributed by atoms with E-state index in [0.717, 1.165) is 6.42 Å². The van der Waals surface area contributed by atoms with Crippen LogP contribution in [0.25, 0.3) is 0 Å². The topological polar surface area (TPSA) is 71.3 Å². The van der Waals surface area contributed by atoms with Gasteiger partial charge in [0.2, 0.25) is 5.91 Å². The number of carbonyl (C=O) groups excluding carboxylic acids is 2. The third kappa shape index (κ3) is 3.95. The highest BCUT2D eigenvalue weighted by Crippen LogP contribution is 2.17. The fourth-order valence-electron chi connectivity index (χ4n) is 1.73. The highest BCUT2D eigenvalue weighted by Gasteiger charge is 2.12. The van der Waals surface area contributed by atoms with Crippen LogP contribution >= 0.6 is 0 Å². The van der Waals surface area contributed by atoms with Gasteiger partial charge < -0.3 is 15.1 Å². The van der Waals surface area contributed by atoms with E-state index in [-0.39, 0.29) is 23.5 Å². The Labute approximate surface area is 123 Å². The molecule has 0 aliphatic heterocycles. The van der Waals surface area contributed by atoms with E-state index >= 15 is 0 Å². The lowest BCUT2D eigenvalue weighted by atomic mass is 10.1. The summed E-state index contributed by atoms with van der Waals surface area (Å²) in [4.78, 5) is 23.7. The van der Waals surface area contributed by atoms with Crippen molar-refractivity contribution in [3.8, 4) is 0 Å². The molecule has 0 aliphatic carbocycles. The van der Waals surface area contributed by atoms with Crippen LogP contribution in [0, 0.1) is 5.92 Å². The quantitative estimate of drug-likeness (QED) is 0.883. The Balaban J connectivity index is 2.04. The Morgan fingerprint density at radius 3 is 2.48 bits per heavy atom. The van der Waals surface area contributed by atoms with Crippen molar-refractivity contribution in [3.63, 3.8) is 0 Å². The summed E-state index contributed by atoms with van der Waals surface area (Å²) in [7, 11) is 0. The standard InChI is InChI=1S/C16H18N2O3/c1-3-11(2)15(19)17-12-6-4-7-13(10-12)18-16(20)14-8-5-9-21-14/h4-11H,3H2,1-2H3,(H,17,19)(H,18,20)/t11-/m0/s1. The molecule has 1 aromatic heterocycles. The van der Waals surface area contributed by atoms with E-state index < -0.39 is 0 Å². The zero-order chi connectivity index (χ0) is 15.2. The van der Waals surface area contributed by atoms with Crippen LogP contribution in [-0.2, 0) is 4.79 Å². The van der Waals surface area contributed by atoms with Gasteiger partial charge in [0.1, 0.15) is 0 Å². The number of carbonyl (C=O) groups is 2. The first-order valence-electron chi connectivity index (χ1n) is 6.86. The fourth-order valence-corrected chi connectivity index (χ4v) is 1.73. The number of furan rings is 1. The molecular weight excluding hydrogens is 268 g/mol. The molecule has 0 spiro atoms. The first-order valence-corrected chi connectivity index (χ1v) is 6.86. The summed E-state index contributed by atoms with van der Waals surface area (Å²) in [5.41, 5.74) is 1.25. The highest BCUT2D eigenvalue weighted by molar-refractivity contribution is 6.02. The van der Waals surface area contributed by atoms with Gasteiger partial charge in [0.05, 0.1) is 6.26 Å². The summed E-state index contributed by atoms with van der Waals surface area (Å²) >= 11 is 0. The van der Waals surface area contributed by atoms with Gasteiger partial charge in [-0.3, -0.25) is 9.59 Å². The van der Waals surface area contributed by atoms with Crippen molar-refractivity contribution in [2.45, 2.75) is 20.3 Å². The number of hydrogen-bond donors (Lipinski definition) is 2. The van der Waals surface area contributed by atoms with Gasteiger partial charge in [-0.15, -0.1) is 0 Å². The minimum absolute atomic E-state index is 0.0352. The van der Waals surface area contributed by atoms with Crippen molar-refractivity contribution >= 4 is 23.2 Å². The smallest absolute Gasteiger partial charge is 0.291 e. The summed E-state index contributed by atoms with van der Waals surface area (Å²) in [6.45, 7) is 3.84. The summed E-state index contributed by atoms with van der Waals surface area (Å²) < 4.78 is 5.03. The average molecular weight is 286 g/mol. The molecule has 0 fully saturated rings. The van der Waals surface area contributed by atoms with Crippen LogP contribution in [0.4, 0.5) is 11.4 Å². The Bertz CT molecular complexity index is 620. The van der Waals surface area contributed by atoms with E-state index in [2.05, 4.69) is 10.6 Å². The van der Waals surface area contributed by atoms with E-state index in [1.165, 1.54) is 6.26 Å². The van der Waals surface area contributed by atoms with E-state index in [4.69, 9.17) is 4.42 Å². The second-order valence-electron chi connectivity index (χ2n) is 4.81. The first-order chi connectivity index (χ1) is 10.1. The molecule has 5 nitrogen and oxygen atoms in total. The summed E-state index contributed by atoms with van der Waals surface area (Å²) in [5.74, 6) is -0.173. The predicted molar refractivity (Wildman–Crippen MR) is 81.2 cm³/mol. The highest BCUT2D eigenvalue weighted by atomic mass is 16.3. The van der Waals surface area contributed by atoms with Gasteiger partial charge in [-0.25, -0.2) is 0 Å². The van der Waals surface area contributed by atoms with Crippen LogP contribution in [-0.4, -0.2) is 11.8 Å². The number of hydrogen-bond acceptors (Lipinski definition) is 3. The minimum atomic E-state index is -0.328. The van der Waals surface area contributed by atoms with Gasteiger partial charge in [-0.1, -0.05) is 19.9 Å². The van der Waals surface area contributed by atoms with Gasteiger partial charge in [0.15, 0.2) is 5.76 Å². The molecule has 2 rings (SSSR count). The maximum Gasteiger partial charge on any atom is 0.291 e. The van der Waals surface area contributed by atoms with Crippen LogP contribution in [0.5, 0.6) is 0 Å². The van der Waals surface area contributed by atoms with Crippen LogP contribution in [0.15, 0.2) is 47.1 Å². The van der Waals surface area contributed by atoms with Gasteiger partial charge in [-0.05, 0) is 36.8 Å². The third-order valence-electron chi connectivity index (χ3n) is 3.19. The Kier molecular flexibility index (Phi) is 4.77. The molecule has 0 radical (unpaired) electrons. The molecule has 1 aromatic carbocycles. The van der Waals surface area contributed by atoms with Crippen molar-refractivity contribution < 1.29 is 14.0 Å². The third-order valence-corrected chi connectivity index (χ3v) is 3.19. The van der Waals surface area contributed by atoms with Crippen molar-refractivity contribution in [1.29, 1.82) is 0 Å². The van der Waals surface area contributed by atoms with Crippen molar-refractivity contribution in [2.75, 3.05) is 10.6 Å². The molecule has 2 aromatic rings. The SMILES string of the molecule is CC[C@H](C)C(=O)Nc1cccc(NC(=O)c2ccco2)c1. The molecule has 1 atom stereocenters. The van der Waals surface area contributed by atoms with Gasteiger partial charge in [-0.2, -0.15) is 0 Å². The van der Waals surface area contributed by atoms with E-state index in [1.807, 2.05) is 13.8 Å². The van der Waals surface area contributed by atoms with Gasteiger partial charge in [0, 0.05) is 17.3 Å². The minimum Gasteiger partial charge on any atom is -0.459 e. The second kappa shape index (κ2) is 6.74. The van der Waals surface area contributed by atoms with E-state index in [9.17, 15) is 9.59 Å². The Hall–Kier alpha value is -2.56. The normalized spacial score (nSPS) is 11.7. The molecular formula is C16H18N2O3. The number of amides is 2. The molecule has 2 N–H and O–H groups in total. The largest absolute Gasteiger partial charge is 0.459 e. The molecule has 5 heteroatoms. The molecule has 0 aliphatic rings. The molecule has 0 unspecified atom stereocenters. The fraction of sp³-hybridized carbons (Fsp3) is 0.250.